The SMILES string of the molecule is OCC1CCCN(Cc2cccc(-c3cc4c(Nc5ccc6[nH]ccc6c5)ccnc4s3)c2)C1. The van der Waals surface area contributed by atoms with Crippen molar-refractivity contribution < 1.29 is 5.11 Å². The highest BCUT2D eigenvalue weighted by atomic mass is 32.1. The van der Waals surface area contributed by atoms with Crippen LogP contribution in [0.2, 0.25) is 0 Å². The summed E-state index contributed by atoms with van der Waals surface area (Å²) in [4.78, 5) is 12.6. The zero-order valence-electron chi connectivity index (χ0n) is 19.0. The summed E-state index contributed by atoms with van der Waals surface area (Å²) in [5.74, 6) is 0.412. The molecule has 6 rings (SSSR count). The normalized spacial score (nSPS) is 16.9. The third kappa shape index (κ3) is 4.32. The van der Waals surface area contributed by atoms with Gasteiger partial charge in [0.15, 0.2) is 0 Å². The van der Waals surface area contributed by atoms with E-state index in [4.69, 9.17) is 0 Å². The predicted octanol–water partition coefficient (Wildman–Crippen LogP) is 6.39. The number of anilines is 2. The molecule has 3 aromatic heterocycles. The number of hydrogen-bond acceptors (Lipinski definition) is 5. The number of thiophene rings is 1. The van der Waals surface area contributed by atoms with E-state index in [1.165, 1.54) is 27.8 Å². The summed E-state index contributed by atoms with van der Waals surface area (Å²) in [6, 6.07) is 21.6. The monoisotopic (exact) mass is 468 g/mol. The Morgan fingerprint density at radius 1 is 1.12 bits per heavy atom. The Bertz CT molecular complexity index is 1440. The van der Waals surface area contributed by atoms with E-state index in [2.05, 4.69) is 74.8 Å². The first-order valence-corrected chi connectivity index (χ1v) is 12.7. The number of nitrogens with zero attached hydrogens (tertiary/aromatic N) is 2. The lowest BCUT2D eigenvalue weighted by Gasteiger charge is -2.31. The van der Waals surface area contributed by atoms with Gasteiger partial charge in [-0.25, -0.2) is 4.98 Å². The zero-order valence-corrected chi connectivity index (χ0v) is 19.8. The van der Waals surface area contributed by atoms with Crippen molar-refractivity contribution in [2.75, 3.05) is 25.0 Å². The number of fused-ring (bicyclic) bond motifs is 2. The summed E-state index contributed by atoms with van der Waals surface area (Å²) >= 11 is 1.74. The molecule has 0 spiro atoms. The van der Waals surface area contributed by atoms with Crippen LogP contribution < -0.4 is 5.32 Å². The second-order valence-electron chi connectivity index (χ2n) is 9.22. The summed E-state index contributed by atoms with van der Waals surface area (Å²) in [6.07, 6.45) is 6.15. The number of H-pyrrole nitrogens is 1. The Hall–Kier alpha value is -3.19. The van der Waals surface area contributed by atoms with Crippen LogP contribution in [0, 0.1) is 5.92 Å². The van der Waals surface area contributed by atoms with Crippen molar-refractivity contribution in [3.63, 3.8) is 0 Å². The number of hydrogen-bond donors (Lipinski definition) is 3. The second-order valence-corrected chi connectivity index (χ2v) is 10.2. The molecule has 172 valence electrons. The summed E-state index contributed by atoms with van der Waals surface area (Å²) < 4.78 is 0. The molecule has 34 heavy (non-hydrogen) atoms. The minimum absolute atomic E-state index is 0.292. The molecule has 1 aliphatic heterocycles. The number of benzene rings is 2. The fourth-order valence-electron chi connectivity index (χ4n) is 5.00. The Balaban J connectivity index is 1.26. The molecule has 5 aromatic rings. The summed E-state index contributed by atoms with van der Waals surface area (Å²) in [7, 11) is 0. The highest BCUT2D eigenvalue weighted by molar-refractivity contribution is 7.21. The van der Waals surface area contributed by atoms with Gasteiger partial charge in [0.2, 0.25) is 0 Å². The van der Waals surface area contributed by atoms with E-state index in [9.17, 15) is 5.11 Å². The first-order valence-electron chi connectivity index (χ1n) is 11.9. The number of aliphatic hydroxyl groups is 1. The molecule has 1 unspecified atom stereocenters. The molecule has 0 aliphatic carbocycles. The standard InChI is InChI=1S/C28H28N4OS/c33-18-20-4-2-12-32(17-20)16-19-3-1-5-22(13-19)27-15-24-26(9-11-30-28(24)34-27)31-23-6-7-25-21(14-23)8-10-29-25/h1,3,5-11,13-15,20,29,33H,2,4,12,16-18H2,(H,30,31). The van der Waals surface area contributed by atoms with Crippen molar-refractivity contribution >= 4 is 43.8 Å². The Labute approximate surface area is 203 Å². The number of aromatic amines is 1. The van der Waals surface area contributed by atoms with E-state index in [0.717, 1.165) is 53.2 Å². The summed E-state index contributed by atoms with van der Waals surface area (Å²) in [6.45, 7) is 3.32. The molecular formula is C28H28N4OS. The van der Waals surface area contributed by atoms with Gasteiger partial charge in [0.25, 0.3) is 0 Å². The molecule has 1 fully saturated rings. The third-order valence-corrected chi connectivity index (χ3v) is 7.84. The van der Waals surface area contributed by atoms with E-state index in [1.54, 1.807) is 11.3 Å². The van der Waals surface area contributed by atoms with Crippen LogP contribution in [-0.4, -0.2) is 39.7 Å². The van der Waals surface area contributed by atoms with E-state index in [0.29, 0.717) is 12.5 Å². The smallest absolute Gasteiger partial charge is 0.125 e. The van der Waals surface area contributed by atoms with Crippen LogP contribution in [0.15, 0.2) is 73.1 Å². The third-order valence-electron chi connectivity index (χ3n) is 6.75. The Morgan fingerprint density at radius 3 is 3.03 bits per heavy atom. The van der Waals surface area contributed by atoms with Gasteiger partial charge in [0.1, 0.15) is 4.83 Å². The first-order chi connectivity index (χ1) is 16.7. The summed E-state index contributed by atoms with van der Waals surface area (Å²) in [5, 5.41) is 15.5. The van der Waals surface area contributed by atoms with Crippen molar-refractivity contribution in [1.82, 2.24) is 14.9 Å². The fourth-order valence-corrected chi connectivity index (χ4v) is 6.02. The average molecular weight is 469 g/mol. The van der Waals surface area contributed by atoms with E-state index in [1.807, 2.05) is 18.5 Å². The van der Waals surface area contributed by atoms with Crippen molar-refractivity contribution in [2.45, 2.75) is 19.4 Å². The zero-order chi connectivity index (χ0) is 22.9. The topological polar surface area (TPSA) is 64.2 Å². The number of nitrogens with one attached hydrogen (secondary N) is 2. The van der Waals surface area contributed by atoms with Crippen LogP contribution in [-0.2, 0) is 6.54 Å². The lowest BCUT2D eigenvalue weighted by Crippen LogP contribution is -2.36. The molecule has 5 nitrogen and oxygen atoms in total. The lowest BCUT2D eigenvalue weighted by molar-refractivity contribution is 0.116. The number of piperidine rings is 1. The number of rotatable bonds is 6. The molecule has 2 aromatic carbocycles. The molecule has 0 radical (unpaired) electrons. The fraction of sp³-hybridized carbons (Fsp3) is 0.250. The highest BCUT2D eigenvalue weighted by Crippen LogP contribution is 2.37. The molecule has 0 amide bonds. The average Bonchev–Trinajstić information content (AvgIpc) is 3.52. The van der Waals surface area contributed by atoms with Gasteiger partial charge in [0.05, 0.1) is 5.69 Å². The van der Waals surface area contributed by atoms with Crippen molar-refractivity contribution in [3.8, 4) is 10.4 Å². The number of likely N-dealkylation sites (tertiary alicyclic amines) is 1. The van der Waals surface area contributed by atoms with E-state index >= 15 is 0 Å². The quantitative estimate of drug-likeness (QED) is 0.270. The largest absolute Gasteiger partial charge is 0.396 e. The van der Waals surface area contributed by atoms with Crippen LogP contribution >= 0.6 is 11.3 Å². The van der Waals surface area contributed by atoms with Gasteiger partial charge < -0.3 is 15.4 Å². The molecule has 1 aliphatic rings. The molecule has 6 heteroatoms. The van der Waals surface area contributed by atoms with Crippen LogP contribution in [0.4, 0.5) is 11.4 Å². The van der Waals surface area contributed by atoms with Crippen LogP contribution in [0.3, 0.4) is 0 Å². The molecule has 1 saturated heterocycles. The van der Waals surface area contributed by atoms with Crippen molar-refractivity contribution in [2.24, 2.45) is 5.92 Å². The predicted molar refractivity (Wildman–Crippen MR) is 142 cm³/mol. The van der Waals surface area contributed by atoms with Crippen molar-refractivity contribution in [1.29, 1.82) is 0 Å². The second kappa shape index (κ2) is 9.22. The minimum Gasteiger partial charge on any atom is -0.396 e. The van der Waals surface area contributed by atoms with Gasteiger partial charge in [0, 0.05) is 58.9 Å². The molecule has 4 heterocycles. The number of aromatic nitrogens is 2. The molecule has 0 bridgehead atoms. The Morgan fingerprint density at radius 2 is 2.09 bits per heavy atom. The van der Waals surface area contributed by atoms with Gasteiger partial charge in [-0.1, -0.05) is 18.2 Å². The maximum absolute atomic E-state index is 9.55. The van der Waals surface area contributed by atoms with Crippen molar-refractivity contribution in [3.05, 3.63) is 78.6 Å². The van der Waals surface area contributed by atoms with Gasteiger partial charge in [-0.15, -0.1) is 11.3 Å². The maximum Gasteiger partial charge on any atom is 0.125 e. The van der Waals surface area contributed by atoms with Crippen LogP contribution in [0.1, 0.15) is 18.4 Å². The van der Waals surface area contributed by atoms with Crippen LogP contribution in [0.25, 0.3) is 31.6 Å². The molecular weight excluding hydrogens is 440 g/mol. The van der Waals surface area contributed by atoms with E-state index < -0.39 is 0 Å². The van der Waals surface area contributed by atoms with Crippen LogP contribution in [0.5, 0.6) is 0 Å². The van der Waals surface area contributed by atoms with E-state index in [-0.39, 0.29) is 0 Å². The van der Waals surface area contributed by atoms with Gasteiger partial charge in [-0.3, -0.25) is 4.90 Å². The summed E-state index contributed by atoms with van der Waals surface area (Å²) in [5.41, 5.74) is 5.83. The highest BCUT2D eigenvalue weighted by Gasteiger charge is 2.19. The minimum atomic E-state index is 0.292. The number of pyridine rings is 1. The van der Waals surface area contributed by atoms with Gasteiger partial charge >= 0.3 is 0 Å². The Kier molecular flexibility index (Phi) is 5.79. The maximum atomic E-state index is 9.55. The lowest BCUT2D eigenvalue weighted by atomic mass is 9.98. The van der Waals surface area contributed by atoms with Gasteiger partial charge in [-0.2, -0.15) is 0 Å². The molecule has 1 atom stereocenters. The molecule has 3 N–H and O–H groups in total. The van der Waals surface area contributed by atoms with Gasteiger partial charge in [-0.05, 0) is 78.9 Å². The first kappa shape index (κ1) is 21.4. The molecule has 0 saturated carbocycles. The number of aliphatic hydroxyl groups excluding tert-OH is 1.